The normalized spacial score (nSPS) is 26.8. The molecule has 2 heterocycles. The molecule has 3 rings (SSSR count). The van der Waals surface area contributed by atoms with E-state index in [1.807, 2.05) is 23.1 Å². The minimum absolute atomic E-state index is 0.158. The predicted molar refractivity (Wildman–Crippen MR) is 101 cm³/mol. The standard InChI is InChI=1S/C21H31NO4/c1-16(2)19-14-21(8-11-26-19,17-6-4-5-7-18(17)24-3)15-20(23)22-9-12-25-13-10-22/h4-7,16,19H,8-15H2,1-3H3/t19-,21+/m0/s1. The Morgan fingerprint density at radius 1 is 1.27 bits per heavy atom. The number of benzene rings is 1. The third kappa shape index (κ3) is 4.04. The van der Waals surface area contributed by atoms with Crippen molar-refractivity contribution in [1.82, 2.24) is 4.90 Å². The molecule has 144 valence electrons. The van der Waals surface area contributed by atoms with Crippen LogP contribution in [0.5, 0.6) is 5.75 Å². The minimum Gasteiger partial charge on any atom is -0.496 e. The van der Waals surface area contributed by atoms with Gasteiger partial charge in [-0.25, -0.2) is 0 Å². The third-order valence-electron chi connectivity index (χ3n) is 5.78. The summed E-state index contributed by atoms with van der Waals surface area (Å²) < 4.78 is 17.1. The van der Waals surface area contributed by atoms with Gasteiger partial charge in [-0.3, -0.25) is 4.79 Å². The van der Waals surface area contributed by atoms with Gasteiger partial charge in [-0.15, -0.1) is 0 Å². The van der Waals surface area contributed by atoms with E-state index in [1.165, 1.54) is 0 Å². The van der Waals surface area contributed by atoms with Gasteiger partial charge >= 0.3 is 0 Å². The van der Waals surface area contributed by atoms with E-state index in [1.54, 1.807) is 7.11 Å². The second-order valence-electron chi connectivity index (χ2n) is 7.76. The minimum atomic E-state index is -0.241. The van der Waals surface area contributed by atoms with Crippen LogP contribution in [0, 0.1) is 5.92 Å². The maximum absolute atomic E-state index is 13.1. The van der Waals surface area contributed by atoms with E-state index in [2.05, 4.69) is 19.9 Å². The molecule has 1 aromatic carbocycles. The molecular weight excluding hydrogens is 330 g/mol. The fourth-order valence-corrected chi connectivity index (χ4v) is 4.18. The Hall–Kier alpha value is -1.59. The van der Waals surface area contributed by atoms with E-state index in [0.717, 1.165) is 24.2 Å². The molecule has 0 saturated carbocycles. The van der Waals surface area contributed by atoms with Crippen molar-refractivity contribution in [3.8, 4) is 5.75 Å². The number of hydrogen-bond acceptors (Lipinski definition) is 4. The van der Waals surface area contributed by atoms with E-state index >= 15 is 0 Å². The van der Waals surface area contributed by atoms with Gasteiger partial charge in [-0.2, -0.15) is 0 Å². The molecule has 2 aliphatic heterocycles. The Morgan fingerprint density at radius 3 is 2.69 bits per heavy atom. The van der Waals surface area contributed by atoms with Crippen molar-refractivity contribution in [2.45, 2.75) is 44.6 Å². The van der Waals surface area contributed by atoms with Crippen molar-refractivity contribution in [1.29, 1.82) is 0 Å². The van der Waals surface area contributed by atoms with Gasteiger partial charge in [0.05, 0.1) is 26.4 Å². The van der Waals surface area contributed by atoms with Crippen LogP contribution >= 0.6 is 0 Å². The van der Waals surface area contributed by atoms with Crippen LogP contribution in [0.4, 0.5) is 0 Å². The second-order valence-corrected chi connectivity index (χ2v) is 7.76. The zero-order valence-electron chi connectivity index (χ0n) is 16.2. The first-order chi connectivity index (χ1) is 12.6. The van der Waals surface area contributed by atoms with Crippen LogP contribution in [0.15, 0.2) is 24.3 Å². The Labute approximate surface area is 156 Å². The van der Waals surface area contributed by atoms with Gasteiger partial charge in [-0.1, -0.05) is 32.0 Å². The van der Waals surface area contributed by atoms with Crippen LogP contribution in [0.25, 0.3) is 0 Å². The van der Waals surface area contributed by atoms with Crippen LogP contribution in [-0.4, -0.2) is 56.9 Å². The van der Waals surface area contributed by atoms with E-state index in [-0.39, 0.29) is 17.4 Å². The summed E-state index contributed by atoms with van der Waals surface area (Å²) in [6.45, 7) is 7.68. The Kier molecular flexibility index (Phi) is 6.20. The van der Waals surface area contributed by atoms with Gasteiger partial charge in [0.15, 0.2) is 0 Å². The van der Waals surface area contributed by atoms with Gasteiger partial charge in [0.25, 0.3) is 0 Å². The fraction of sp³-hybridized carbons (Fsp3) is 0.667. The lowest BCUT2D eigenvalue weighted by molar-refractivity contribution is -0.138. The summed E-state index contributed by atoms with van der Waals surface area (Å²) in [5, 5.41) is 0. The topological polar surface area (TPSA) is 48.0 Å². The highest BCUT2D eigenvalue weighted by atomic mass is 16.5. The summed E-state index contributed by atoms with van der Waals surface area (Å²) in [6, 6.07) is 8.14. The molecule has 0 unspecified atom stereocenters. The molecule has 0 bridgehead atoms. The molecule has 0 aliphatic carbocycles. The highest BCUT2D eigenvalue weighted by molar-refractivity contribution is 5.78. The molecule has 0 radical (unpaired) electrons. The van der Waals surface area contributed by atoms with Crippen molar-refractivity contribution in [2.24, 2.45) is 5.92 Å². The summed E-state index contributed by atoms with van der Waals surface area (Å²) in [6.07, 6.45) is 2.35. The largest absolute Gasteiger partial charge is 0.496 e. The molecule has 0 N–H and O–H groups in total. The van der Waals surface area contributed by atoms with Gasteiger partial charge in [0.1, 0.15) is 5.75 Å². The van der Waals surface area contributed by atoms with Crippen molar-refractivity contribution in [3.63, 3.8) is 0 Å². The van der Waals surface area contributed by atoms with Crippen molar-refractivity contribution in [3.05, 3.63) is 29.8 Å². The first kappa shape index (κ1) is 19.2. The number of amides is 1. The molecule has 5 heteroatoms. The van der Waals surface area contributed by atoms with Crippen LogP contribution in [0.3, 0.4) is 0 Å². The number of nitrogens with zero attached hydrogens (tertiary/aromatic N) is 1. The van der Waals surface area contributed by atoms with E-state index in [9.17, 15) is 4.79 Å². The van der Waals surface area contributed by atoms with E-state index in [4.69, 9.17) is 14.2 Å². The van der Waals surface area contributed by atoms with Crippen molar-refractivity contribution in [2.75, 3.05) is 40.0 Å². The maximum atomic E-state index is 13.1. The van der Waals surface area contributed by atoms with Crippen LogP contribution < -0.4 is 4.74 Å². The smallest absolute Gasteiger partial charge is 0.223 e. The Balaban J connectivity index is 1.92. The van der Waals surface area contributed by atoms with Gasteiger partial charge in [-0.05, 0) is 24.8 Å². The zero-order valence-corrected chi connectivity index (χ0v) is 16.2. The van der Waals surface area contributed by atoms with E-state index in [0.29, 0.717) is 45.2 Å². The lowest BCUT2D eigenvalue weighted by Gasteiger charge is -2.44. The molecule has 2 saturated heterocycles. The number of carbonyl (C=O) groups excluding carboxylic acids is 1. The molecular formula is C21H31NO4. The summed E-state index contributed by atoms with van der Waals surface area (Å²) in [4.78, 5) is 15.1. The first-order valence-corrected chi connectivity index (χ1v) is 9.66. The van der Waals surface area contributed by atoms with Gasteiger partial charge in [0.2, 0.25) is 5.91 Å². The van der Waals surface area contributed by atoms with Gasteiger partial charge < -0.3 is 19.1 Å². The highest BCUT2D eigenvalue weighted by Crippen LogP contribution is 2.45. The number of morpholine rings is 1. The number of carbonyl (C=O) groups is 1. The second kappa shape index (κ2) is 8.40. The SMILES string of the molecule is COc1ccccc1[C@]1(CC(=O)N2CCOCC2)CCO[C@H](C(C)C)C1. The molecule has 1 aromatic rings. The molecule has 0 aromatic heterocycles. The molecule has 1 amide bonds. The molecule has 2 atom stereocenters. The zero-order chi connectivity index (χ0) is 18.6. The van der Waals surface area contributed by atoms with Crippen molar-refractivity contribution >= 4 is 5.91 Å². The Bertz CT molecular complexity index is 612. The summed E-state index contributed by atoms with van der Waals surface area (Å²) >= 11 is 0. The predicted octanol–water partition coefficient (Wildman–Crippen LogP) is 3.02. The molecule has 26 heavy (non-hydrogen) atoms. The third-order valence-corrected chi connectivity index (χ3v) is 5.78. The molecule has 2 fully saturated rings. The molecule has 0 spiro atoms. The van der Waals surface area contributed by atoms with Crippen molar-refractivity contribution < 1.29 is 19.0 Å². The summed E-state index contributed by atoms with van der Waals surface area (Å²) in [5.41, 5.74) is 0.896. The summed E-state index contributed by atoms with van der Waals surface area (Å²) in [7, 11) is 1.70. The Morgan fingerprint density at radius 2 is 2.00 bits per heavy atom. The van der Waals surface area contributed by atoms with Crippen LogP contribution in [-0.2, 0) is 19.7 Å². The number of ether oxygens (including phenoxy) is 3. The monoisotopic (exact) mass is 361 g/mol. The van der Waals surface area contributed by atoms with Crippen LogP contribution in [0.2, 0.25) is 0 Å². The fourth-order valence-electron chi connectivity index (χ4n) is 4.18. The number of methoxy groups -OCH3 is 1. The molecule has 2 aliphatic rings. The average Bonchev–Trinajstić information content (AvgIpc) is 2.68. The maximum Gasteiger partial charge on any atom is 0.223 e. The first-order valence-electron chi connectivity index (χ1n) is 9.66. The quantitative estimate of drug-likeness (QED) is 0.809. The molecule has 5 nitrogen and oxygen atoms in total. The lowest BCUT2D eigenvalue weighted by Crippen LogP contribution is -2.47. The number of hydrogen-bond donors (Lipinski definition) is 0. The summed E-state index contributed by atoms with van der Waals surface area (Å²) in [5.74, 6) is 1.50. The highest BCUT2D eigenvalue weighted by Gasteiger charge is 2.43. The van der Waals surface area contributed by atoms with Crippen LogP contribution in [0.1, 0.15) is 38.7 Å². The van der Waals surface area contributed by atoms with Gasteiger partial charge in [0, 0.05) is 37.1 Å². The van der Waals surface area contributed by atoms with E-state index < -0.39 is 0 Å². The lowest BCUT2D eigenvalue weighted by atomic mass is 9.68. The number of para-hydroxylation sites is 1. The average molecular weight is 361 g/mol. The number of rotatable bonds is 5.